The van der Waals surface area contributed by atoms with Gasteiger partial charge in [0.1, 0.15) is 0 Å². The highest BCUT2D eigenvalue weighted by molar-refractivity contribution is 5.90. The van der Waals surface area contributed by atoms with Crippen LogP contribution in [0.5, 0.6) is 5.88 Å². The lowest BCUT2D eigenvalue weighted by Gasteiger charge is -2.12. The van der Waals surface area contributed by atoms with Crippen LogP contribution < -0.4 is 10.1 Å². The Morgan fingerprint density at radius 2 is 1.92 bits per heavy atom. The molecular weight excluding hydrogens is 325 g/mol. The standard InChI is InChI=1S/C16H15F3N2O3/c17-16(18,19)10-24-15-7-6-12(9-20-15)21-14(23)8-13(22)11-4-2-1-3-5-11/h1-7,9,13,22H,8,10H2,(H,21,23). The van der Waals surface area contributed by atoms with Crippen molar-refractivity contribution >= 4 is 11.6 Å². The maximum absolute atomic E-state index is 12.0. The van der Waals surface area contributed by atoms with Crippen LogP contribution in [0, 0.1) is 0 Å². The lowest BCUT2D eigenvalue weighted by atomic mass is 10.1. The summed E-state index contributed by atoms with van der Waals surface area (Å²) in [6, 6.07) is 11.3. The molecule has 0 aliphatic heterocycles. The molecule has 0 aliphatic carbocycles. The van der Waals surface area contributed by atoms with Gasteiger partial charge in [-0.3, -0.25) is 4.79 Å². The van der Waals surface area contributed by atoms with Gasteiger partial charge in [0.15, 0.2) is 6.61 Å². The van der Waals surface area contributed by atoms with Crippen LogP contribution >= 0.6 is 0 Å². The summed E-state index contributed by atoms with van der Waals surface area (Å²) in [5.41, 5.74) is 0.904. The Labute approximate surface area is 136 Å². The lowest BCUT2D eigenvalue weighted by Crippen LogP contribution is -2.19. The smallest absolute Gasteiger partial charge is 0.422 e. The zero-order valence-corrected chi connectivity index (χ0v) is 12.5. The number of nitrogens with zero attached hydrogens (tertiary/aromatic N) is 1. The molecule has 0 saturated carbocycles. The molecular formula is C16H15F3N2O3. The number of halogens is 3. The minimum Gasteiger partial charge on any atom is -0.468 e. The quantitative estimate of drug-likeness (QED) is 0.848. The first-order chi connectivity index (χ1) is 11.3. The van der Waals surface area contributed by atoms with Crippen LogP contribution in [0.15, 0.2) is 48.7 Å². The van der Waals surface area contributed by atoms with Crippen LogP contribution in [0.3, 0.4) is 0 Å². The summed E-state index contributed by atoms with van der Waals surface area (Å²) < 4.78 is 40.5. The fourth-order valence-corrected chi connectivity index (χ4v) is 1.88. The lowest BCUT2D eigenvalue weighted by molar-refractivity contribution is -0.154. The largest absolute Gasteiger partial charge is 0.468 e. The molecule has 0 spiro atoms. The Morgan fingerprint density at radius 1 is 1.21 bits per heavy atom. The maximum atomic E-state index is 12.0. The molecule has 0 aliphatic rings. The average Bonchev–Trinajstić information content (AvgIpc) is 2.54. The molecule has 5 nitrogen and oxygen atoms in total. The summed E-state index contributed by atoms with van der Waals surface area (Å²) in [4.78, 5) is 15.5. The van der Waals surface area contributed by atoms with Crippen molar-refractivity contribution in [1.82, 2.24) is 4.98 Å². The van der Waals surface area contributed by atoms with Crippen LogP contribution in [0.2, 0.25) is 0 Å². The molecule has 24 heavy (non-hydrogen) atoms. The summed E-state index contributed by atoms with van der Waals surface area (Å²) in [6.45, 7) is -1.44. The second-order valence-corrected chi connectivity index (χ2v) is 4.97. The summed E-state index contributed by atoms with van der Waals surface area (Å²) in [5.74, 6) is -0.647. The summed E-state index contributed by atoms with van der Waals surface area (Å²) in [5, 5.41) is 12.5. The molecule has 0 fully saturated rings. The first-order valence-electron chi connectivity index (χ1n) is 7.02. The van der Waals surface area contributed by atoms with Gasteiger partial charge in [0.25, 0.3) is 0 Å². The number of carbonyl (C=O) groups is 1. The molecule has 2 aromatic rings. The number of hydrogen-bond acceptors (Lipinski definition) is 4. The van der Waals surface area contributed by atoms with Gasteiger partial charge in [0.2, 0.25) is 11.8 Å². The number of pyridine rings is 1. The van der Waals surface area contributed by atoms with Crippen molar-refractivity contribution in [2.75, 3.05) is 11.9 Å². The SMILES string of the molecule is O=C(CC(O)c1ccccc1)Nc1ccc(OCC(F)(F)F)nc1. The van der Waals surface area contributed by atoms with E-state index >= 15 is 0 Å². The topological polar surface area (TPSA) is 71.5 Å². The van der Waals surface area contributed by atoms with Crippen molar-refractivity contribution in [2.24, 2.45) is 0 Å². The maximum Gasteiger partial charge on any atom is 0.422 e. The predicted molar refractivity (Wildman–Crippen MR) is 80.4 cm³/mol. The van der Waals surface area contributed by atoms with Gasteiger partial charge in [0, 0.05) is 6.07 Å². The molecule has 0 saturated heterocycles. The minimum atomic E-state index is -4.44. The molecule has 1 heterocycles. The van der Waals surface area contributed by atoms with Gasteiger partial charge in [-0.05, 0) is 11.6 Å². The highest BCUT2D eigenvalue weighted by Crippen LogP contribution is 2.19. The number of rotatable bonds is 6. The van der Waals surface area contributed by atoms with Gasteiger partial charge in [-0.15, -0.1) is 0 Å². The molecule has 2 rings (SSSR count). The third-order valence-corrected chi connectivity index (χ3v) is 2.97. The van der Waals surface area contributed by atoms with E-state index in [1.54, 1.807) is 30.3 Å². The Hall–Kier alpha value is -2.61. The van der Waals surface area contributed by atoms with Crippen molar-refractivity contribution in [3.05, 3.63) is 54.2 Å². The van der Waals surface area contributed by atoms with E-state index in [-0.39, 0.29) is 12.3 Å². The van der Waals surface area contributed by atoms with Crippen molar-refractivity contribution in [3.8, 4) is 5.88 Å². The van der Waals surface area contributed by atoms with E-state index in [9.17, 15) is 23.1 Å². The fraction of sp³-hybridized carbons (Fsp3) is 0.250. The van der Waals surface area contributed by atoms with Gasteiger partial charge in [-0.2, -0.15) is 13.2 Å². The molecule has 0 bridgehead atoms. The summed E-state index contributed by atoms with van der Waals surface area (Å²) in [7, 11) is 0. The zero-order chi connectivity index (χ0) is 17.6. The number of anilines is 1. The van der Waals surface area contributed by atoms with Crippen molar-refractivity contribution in [3.63, 3.8) is 0 Å². The number of aromatic nitrogens is 1. The number of hydrogen-bond donors (Lipinski definition) is 2. The van der Waals surface area contributed by atoms with Crippen molar-refractivity contribution in [2.45, 2.75) is 18.7 Å². The first kappa shape index (κ1) is 17.7. The third-order valence-electron chi connectivity index (χ3n) is 2.97. The number of aliphatic hydroxyl groups excluding tert-OH is 1. The van der Waals surface area contributed by atoms with Gasteiger partial charge >= 0.3 is 6.18 Å². The van der Waals surface area contributed by atoms with Crippen molar-refractivity contribution < 1.29 is 27.8 Å². The number of amides is 1. The zero-order valence-electron chi connectivity index (χ0n) is 12.5. The highest BCUT2D eigenvalue weighted by atomic mass is 19.4. The monoisotopic (exact) mass is 340 g/mol. The number of benzene rings is 1. The molecule has 1 amide bonds. The minimum absolute atomic E-state index is 0.156. The van der Waals surface area contributed by atoms with Gasteiger partial charge in [-0.1, -0.05) is 30.3 Å². The van der Waals surface area contributed by atoms with Crippen LogP contribution in [-0.2, 0) is 4.79 Å². The van der Waals surface area contributed by atoms with E-state index in [1.165, 1.54) is 18.3 Å². The normalized spacial score (nSPS) is 12.5. The molecule has 1 atom stereocenters. The van der Waals surface area contributed by atoms with E-state index in [0.717, 1.165) is 0 Å². The average molecular weight is 340 g/mol. The molecule has 1 aromatic heterocycles. The fourth-order valence-electron chi connectivity index (χ4n) is 1.88. The van der Waals surface area contributed by atoms with Gasteiger partial charge in [-0.25, -0.2) is 4.98 Å². The van der Waals surface area contributed by atoms with Crippen LogP contribution in [0.25, 0.3) is 0 Å². The Morgan fingerprint density at radius 3 is 2.50 bits per heavy atom. The summed E-state index contributed by atoms with van der Waals surface area (Å²) >= 11 is 0. The van der Waals surface area contributed by atoms with E-state index < -0.39 is 24.8 Å². The highest BCUT2D eigenvalue weighted by Gasteiger charge is 2.28. The second kappa shape index (κ2) is 7.78. The number of ether oxygens (including phenoxy) is 1. The summed E-state index contributed by atoms with van der Waals surface area (Å²) in [6.07, 6.45) is -4.37. The van der Waals surface area contributed by atoms with Crippen molar-refractivity contribution in [1.29, 1.82) is 0 Å². The van der Waals surface area contributed by atoms with Crippen LogP contribution in [0.4, 0.5) is 18.9 Å². The molecule has 0 radical (unpaired) electrons. The Kier molecular flexibility index (Phi) is 5.75. The number of alkyl halides is 3. The molecule has 8 heteroatoms. The van der Waals surface area contributed by atoms with Gasteiger partial charge < -0.3 is 15.2 Å². The van der Waals surface area contributed by atoms with E-state index in [1.807, 2.05) is 0 Å². The second-order valence-electron chi connectivity index (χ2n) is 4.97. The molecule has 2 N–H and O–H groups in total. The predicted octanol–water partition coefficient (Wildman–Crippen LogP) is 3.08. The first-order valence-corrected chi connectivity index (χ1v) is 7.02. The number of aliphatic hydroxyl groups is 1. The van der Waals surface area contributed by atoms with E-state index in [0.29, 0.717) is 11.3 Å². The molecule has 1 unspecified atom stereocenters. The molecule has 128 valence electrons. The Bertz CT molecular complexity index is 661. The molecule has 1 aromatic carbocycles. The number of carbonyl (C=O) groups excluding carboxylic acids is 1. The number of nitrogens with one attached hydrogen (secondary N) is 1. The van der Waals surface area contributed by atoms with E-state index in [2.05, 4.69) is 15.0 Å². The Balaban J connectivity index is 1.85. The van der Waals surface area contributed by atoms with Crippen LogP contribution in [0.1, 0.15) is 18.1 Å². The van der Waals surface area contributed by atoms with Crippen LogP contribution in [-0.4, -0.2) is 28.8 Å². The van der Waals surface area contributed by atoms with E-state index in [4.69, 9.17) is 0 Å². The van der Waals surface area contributed by atoms with Gasteiger partial charge in [0.05, 0.1) is 24.4 Å². The third kappa shape index (κ3) is 5.88.